The van der Waals surface area contributed by atoms with Gasteiger partial charge in [-0.25, -0.2) is 4.79 Å². The van der Waals surface area contributed by atoms with Gasteiger partial charge in [-0.2, -0.15) is 11.8 Å². The van der Waals surface area contributed by atoms with Crippen LogP contribution in [0.3, 0.4) is 0 Å². The molecule has 1 aromatic carbocycles. The molecule has 2 aromatic rings. The Bertz CT molecular complexity index is 778. The lowest BCUT2D eigenvalue weighted by Gasteiger charge is -2.24. The minimum absolute atomic E-state index is 0.312. The van der Waals surface area contributed by atoms with Crippen LogP contribution in [0.2, 0.25) is 0 Å². The highest BCUT2D eigenvalue weighted by atomic mass is 32.2. The minimum Gasteiger partial charge on any atom is -0.497 e. The minimum atomic E-state index is -1.15. The Balaban J connectivity index is 1.95. The van der Waals surface area contributed by atoms with Crippen molar-refractivity contribution in [2.75, 3.05) is 18.6 Å². The standard InChI is InChI=1S/C16H17NO4S2/c1-9-11-7-10(21-2)3-4-12(11)23-13(9)14(18)17-16(15(19)20)5-6-22-8-16/h3-4,7H,5-6,8H2,1-2H3,(H,17,18)(H,19,20). The number of aryl methyl sites for hydroxylation is 1. The van der Waals surface area contributed by atoms with Gasteiger partial charge >= 0.3 is 5.97 Å². The van der Waals surface area contributed by atoms with Crippen molar-refractivity contribution < 1.29 is 19.4 Å². The third-order valence-electron chi connectivity index (χ3n) is 4.13. The maximum absolute atomic E-state index is 12.7. The molecule has 1 atom stereocenters. The number of benzene rings is 1. The summed E-state index contributed by atoms with van der Waals surface area (Å²) >= 11 is 2.93. The van der Waals surface area contributed by atoms with Crippen molar-refractivity contribution in [1.82, 2.24) is 5.32 Å². The van der Waals surface area contributed by atoms with Crippen LogP contribution in [0.1, 0.15) is 21.7 Å². The molecule has 1 aliphatic heterocycles. The van der Waals surface area contributed by atoms with Gasteiger partial charge in [-0.15, -0.1) is 11.3 Å². The number of carbonyl (C=O) groups is 2. The van der Waals surface area contributed by atoms with Gasteiger partial charge in [0.15, 0.2) is 0 Å². The van der Waals surface area contributed by atoms with Crippen LogP contribution in [0.25, 0.3) is 10.1 Å². The van der Waals surface area contributed by atoms with Gasteiger partial charge in [0.1, 0.15) is 11.3 Å². The molecule has 1 fully saturated rings. The first-order valence-electron chi connectivity index (χ1n) is 7.17. The van der Waals surface area contributed by atoms with Gasteiger partial charge in [0, 0.05) is 10.5 Å². The fraction of sp³-hybridized carbons (Fsp3) is 0.375. The van der Waals surface area contributed by atoms with Crippen molar-refractivity contribution in [2.24, 2.45) is 0 Å². The van der Waals surface area contributed by atoms with Crippen molar-refractivity contribution >= 4 is 45.1 Å². The van der Waals surface area contributed by atoms with Crippen molar-refractivity contribution in [1.29, 1.82) is 0 Å². The average molecular weight is 351 g/mol. The molecule has 23 heavy (non-hydrogen) atoms. The fourth-order valence-electron chi connectivity index (χ4n) is 2.70. The van der Waals surface area contributed by atoms with Crippen molar-refractivity contribution in [3.8, 4) is 5.75 Å². The molecule has 2 heterocycles. The summed E-state index contributed by atoms with van der Waals surface area (Å²) in [4.78, 5) is 24.8. The first kappa shape index (κ1) is 16.1. The molecule has 5 nitrogen and oxygen atoms in total. The normalized spacial score (nSPS) is 20.6. The van der Waals surface area contributed by atoms with Crippen LogP contribution in [0.5, 0.6) is 5.75 Å². The van der Waals surface area contributed by atoms with Gasteiger partial charge < -0.3 is 15.2 Å². The zero-order valence-corrected chi connectivity index (χ0v) is 14.5. The number of ether oxygens (including phenoxy) is 1. The zero-order valence-electron chi connectivity index (χ0n) is 12.8. The number of methoxy groups -OCH3 is 1. The molecule has 1 amide bonds. The Labute approximate surface area is 142 Å². The van der Waals surface area contributed by atoms with E-state index in [9.17, 15) is 14.7 Å². The molecule has 0 aliphatic carbocycles. The van der Waals surface area contributed by atoms with Gasteiger partial charge in [-0.05, 0) is 48.2 Å². The quantitative estimate of drug-likeness (QED) is 0.886. The molecule has 0 spiro atoms. The summed E-state index contributed by atoms with van der Waals surface area (Å²) in [7, 11) is 1.60. The third kappa shape index (κ3) is 2.79. The number of aliphatic carboxylic acids is 1. The van der Waals surface area contributed by atoms with Crippen LogP contribution in [0, 0.1) is 6.92 Å². The van der Waals surface area contributed by atoms with E-state index in [-0.39, 0.29) is 5.91 Å². The van der Waals surface area contributed by atoms with E-state index in [1.165, 1.54) is 11.3 Å². The van der Waals surface area contributed by atoms with E-state index in [1.54, 1.807) is 18.9 Å². The van der Waals surface area contributed by atoms with E-state index in [0.29, 0.717) is 17.1 Å². The number of nitrogens with one attached hydrogen (secondary N) is 1. The van der Waals surface area contributed by atoms with Crippen molar-refractivity contribution in [3.05, 3.63) is 28.6 Å². The number of fused-ring (bicyclic) bond motifs is 1. The fourth-order valence-corrected chi connectivity index (χ4v) is 5.11. The van der Waals surface area contributed by atoms with Gasteiger partial charge in [0.25, 0.3) is 5.91 Å². The lowest BCUT2D eigenvalue weighted by atomic mass is 9.99. The van der Waals surface area contributed by atoms with E-state index in [2.05, 4.69) is 5.32 Å². The SMILES string of the molecule is COc1ccc2sc(C(=O)NC3(C(=O)O)CCSC3)c(C)c2c1. The van der Waals surface area contributed by atoms with Crippen molar-refractivity contribution in [2.45, 2.75) is 18.9 Å². The molecule has 3 rings (SSSR count). The number of amides is 1. The molecule has 122 valence electrons. The van der Waals surface area contributed by atoms with Gasteiger partial charge in [0.2, 0.25) is 0 Å². The van der Waals surface area contributed by atoms with E-state index < -0.39 is 11.5 Å². The first-order valence-corrected chi connectivity index (χ1v) is 9.15. The van der Waals surface area contributed by atoms with Crippen LogP contribution >= 0.6 is 23.1 Å². The molecule has 1 unspecified atom stereocenters. The van der Waals surface area contributed by atoms with E-state index in [4.69, 9.17) is 4.74 Å². The molecule has 0 saturated carbocycles. The molecule has 7 heteroatoms. The Morgan fingerprint density at radius 1 is 1.39 bits per heavy atom. The zero-order chi connectivity index (χ0) is 16.6. The highest BCUT2D eigenvalue weighted by Crippen LogP contribution is 2.34. The number of rotatable bonds is 4. The Kier molecular flexibility index (Phi) is 4.25. The average Bonchev–Trinajstić information content (AvgIpc) is 3.13. The number of carboxylic acid groups (broad SMARTS) is 1. The third-order valence-corrected chi connectivity index (χ3v) is 6.59. The van der Waals surface area contributed by atoms with Crippen LogP contribution in [0.15, 0.2) is 18.2 Å². The maximum Gasteiger partial charge on any atom is 0.330 e. The van der Waals surface area contributed by atoms with Crippen LogP contribution in [0.4, 0.5) is 0 Å². The second-order valence-corrected chi connectivity index (χ2v) is 7.72. The predicted octanol–water partition coefficient (Wildman–Crippen LogP) is 2.91. The molecule has 1 aliphatic rings. The number of thiophene rings is 1. The van der Waals surface area contributed by atoms with E-state index >= 15 is 0 Å². The lowest BCUT2D eigenvalue weighted by molar-refractivity contribution is -0.143. The molecule has 1 saturated heterocycles. The number of hydrogen-bond acceptors (Lipinski definition) is 5. The molecular formula is C16H17NO4S2. The smallest absolute Gasteiger partial charge is 0.330 e. The number of carbonyl (C=O) groups excluding carboxylic acids is 1. The summed E-state index contributed by atoms with van der Waals surface area (Å²) in [6.45, 7) is 1.88. The second kappa shape index (κ2) is 6.05. The van der Waals surface area contributed by atoms with Gasteiger partial charge in [-0.1, -0.05) is 0 Å². The topological polar surface area (TPSA) is 75.6 Å². The first-order chi connectivity index (χ1) is 11.0. The number of hydrogen-bond donors (Lipinski definition) is 2. The summed E-state index contributed by atoms with van der Waals surface area (Å²) < 4.78 is 6.21. The predicted molar refractivity (Wildman–Crippen MR) is 92.9 cm³/mol. The molecule has 0 bridgehead atoms. The second-order valence-electron chi connectivity index (χ2n) is 5.56. The summed E-state index contributed by atoms with van der Waals surface area (Å²) in [5.74, 6) is 0.615. The van der Waals surface area contributed by atoms with E-state index in [1.807, 2.05) is 25.1 Å². The summed E-state index contributed by atoms with van der Waals surface area (Å²) in [6.07, 6.45) is 0.455. The van der Waals surface area contributed by atoms with E-state index in [0.717, 1.165) is 27.2 Å². The van der Waals surface area contributed by atoms with Gasteiger partial charge in [0.05, 0.1) is 12.0 Å². The van der Waals surface area contributed by atoms with Crippen LogP contribution < -0.4 is 10.1 Å². The Hall–Kier alpha value is -1.73. The summed E-state index contributed by atoms with van der Waals surface area (Å²) in [6, 6.07) is 5.67. The lowest BCUT2D eigenvalue weighted by Crippen LogP contribution is -2.54. The largest absolute Gasteiger partial charge is 0.497 e. The van der Waals surface area contributed by atoms with Gasteiger partial charge in [-0.3, -0.25) is 4.79 Å². The molecule has 2 N–H and O–H groups in total. The monoisotopic (exact) mass is 351 g/mol. The van der Waals surface area contributed by atoms with Crippen molar-refractivity contribution in [3.63, 3.8) is 0 Å². The molecule has 0 radical (unpaired) electrons. The molecular weight excluding hydrogens is 334 g/mol. The summed E-state index contributed by atoms with van der Waals surface area (Å²) in [5, 5.41) is 13.2. The molecule has 1 aromatic heterocycles. The number of thioether (sulfide) groups is 1. The highest BCUT2D eigenvalue weighted by molar-refractivity contribution is 7.99. The van der Waals surface area contributed by atoms with Crippen LogP contribution in [-0.2, 0) is 4.79 Å². The maximum atomic E-state index is 12.7. The Morgan fingerprint density at radius 2 is 2.17 bits per heavy atom. The Morgan fingerprint density at radius 3 is 2.78 bits per heavy atom. The number of carboxylic acids is 1. The summed E-state index contributed by atoms with van der Waals surface area (Å²) in [5.41, 5.74) is -0.296. The van der Waals surface area contributed by atoms with Crippen LogP contribution in [-0.4, -0.2) is 41.1 Å². The highest BCUT2D eigenvalue weighted by Gasteiger charge is 2.43.